The van der Waals surface area contributed by atoms with Gasteiger partial charge in [-0.15, -0.1) is 0 Å². The zero-order chi connectivity index (χ0) is 7.98. The highest BCUT2D eigenvalue weighted by atomic mass is 31.0. The second-order valence-corrected chi connectivity index (χ2v) is 2.49. The van der Waals surface area contributed by atoms with Crippen LogP contribution in [-0.4, -0.2) is 37.3 Å². The summed E-state index contributed by atoms with van der Waals surface area (Å²) in [6.45, 7) is 1.60. The van der Waals surface area contributed by atoms with E-state index >= 15 is 0 Å². The predicted molar refractivity (Wildman–Crippen MR) is 46.9 cm³/mol. The molecule has 0 fully saturated rings. The van der Waals surface area contributed by atoms with E-state index in [0.29, 0.717) is 6.54 Å². The fourth-order valence-corrected chi connectivity index (χ4v) is 0.821. The minimum absolute atomic E-state index is 0.708. The maximum absolute atomic E-state index is 4.73. The molecule has 0 aromatic rings. The summed E-state index contributed by atoms with van der Waals surface area (Å²) in [6, 6.07) is 0. The van der Waals surface area contributed by atoms with E-state index in [9.17, 15) is 0 Å². The summed E-state index contributed by atoms with van der Waals surface area (Å²) in [5.74, 6) is 0. The Balaban J connectivity index is 3.26. The molecule has 0 saturated heterocycles. The molecule has 2 unspecified atom stereocenters. The summed E-state index contributed by atoms with van der Waals surface area (Å²) in [4.78, 5) is 2.04. The maximum atomic E-state index is 4.73. The van der Waals surface area contributed by atoms with Crippen molar-refractivity contribution >= 4 is 18.9 Å². The zero-order valence-corrected chi connectivity index (χ0v) is 8.59. The molecule has 0 aliphatic heterocycles. The molecule has 0 rings (SSSR count). The van der Waals surface area contributed by atoms with Crippen LogP contribution in [0.4, 0.5) is 0 Å². The molecular weight excluding hydrogens is 170 g/mol. The summed E-state index contributed by atoms with van der Waals surface area (Å²) in [5, 5.41) is 1.36. The molecule has 0 aliphatic carbocycles. The molecule has 0 heterocycles. The van der Waals surface area contributed by atoms with Crippen molar-refractivity contribution in [2.24, 2.45) is 0 Å². The molecule has 6 heteroatoms. The lowest BCUT2D eigenvalue weighted by molar-refractivity contribution is -0.239. The highest BCUT2D eigenvalue weighted by Gasteiger charge is 2.00. The van der Waals surface area contributed by atoms with Crippen molar-refractivity contribution in [3.63, 3.8) is 0 Å². The normalized spacial score (nSPS) is 11.4. The molecule has 10 heavy (non-hydrogen) atoms. The Morgan fingerprint density at radius 3 is 1.90 bits per heavy atom. The van der Waals surface area contributed by atoms with Crippen LogP contribution < -0.4 is 0 Å². The molecule has 0 spiro atoms. The molecule has 2 atom stereocenters. The number of hydrogen-bond acceptors (Lipinski definition) is 4. The van der Waals surface area contributed by atoms with Gasteiger partial charge >= 0.3 is 0 Å². The van der Waals surface area contributed by atoms with Crippen LogP contribution in [0.25, 0.3) is 0 Å². The van der Waals surface area contributed by atoms with Crippen molar-refractivity contribution in [2.45, 2.75) is 0 Å². The molecule has 4 nitrogen and oxygen atoms in total. The van der Waals surface area contributed by atoms with E-state index in [0.717, 1.165) is 6.54 Å². The van der Waals surface area contributed by atoms with Gasteiger partial charge < -0.3 is 4.90 Å². The first-order chi connectivity index (χ1) is 4.70. The Labute approximate surface area is 66.3 Å². The number of hydrogen-bond donors (Lipinski definition) is 0. The molecular formula is C4H14N2O2P2. The van der Waals surface area contributed by atoms with Gasteiger partial charge in [0.1, 0.15) is 0 Å². The summed E-state index contributed by atoms with van der Waals surface area (Å²) < 4.78 is 9.46. The Morgan fingerprint density at radius 2 is 1.60 bits per heavy atom. The predicted octanol–water partition coefficient (Wildman–Crippen LogP) is 0.293. The lowest BCUT2D eigenvalue weighted by Gasteiger charge is -2.17. The van der Waals surface area contributed by atoms with E-state index in [1.807, 2.05) is 19.0 Å². The Kier molecular flexibility index (Phi) is 6.86. The van der Waals surface area contributed by atoms with Gasteiger partial charge in [-0.2, -0.15) is 0 Å². The van der Waals surface area contributed by atoms with E-state index < -0.39 is 0 Å². The quantitative estimate of drug-likeness (QED) is 0.453. The number of hydroxylamine groups is 2. The van der Waals surface area contributed by atoms with Crippen molar-refractivity contribution in [1.82, 2.24) is 10.1 Å². The van der Waals surface area contributed by atoms with E-state index in [1.54, 1.807) is 0 Å². The molecule has 0 radical (unpaired) electrons. The zero-order valence-electron chi connectivity index (χ0n) is 6.28. The largest absolute Gasteiger partial charge is 0.308 e. The van der Waals surface area contributed by atoms with E-state index in [2.05, 4.69) is 18.9 Å². The molecule has 62 valence electrons. The minimum atomic E-state index is 0.708. The summed E-state index contributed by atoms with van der Waals surface area (Å²) in [5.41, 5.74) is 0. The van der Waals surface area contributed by atoms with Crippen LogP contribution in [0.3, 0.4) is 0 Å². The second kappa shape index (κ2) is 6.41. The van der Waals surface area contributed by atoms with Crippen LogP contribution in [0.2, 0.25) is 0 Å². The molecule has 0 aromatic carbocycles. The van der Waals surface area contributed by atoms with Gasteiger partial charge in [0, 0.05) is 25.5 Å². The fourth-order valence-electron chi connectivity index (χ4n) is 0.412. The third-order valence-corrected chi connectivity index (χ3v) is 1.44. The van der Waals surface area contributed by atoms with Crippen molar-refractivity contribution in [3.8, 4) is 0 Å². The van der Waals surface area contributed by atoms with E-state index in [1.165, 1.54) is 5.23 Å². The maximum Gasteiger partial charge on any atom is 0.0649 e. The smallest absolute Gasteiger partial charge is 0.0649 e. The van der Waals surface area contributed by atoms with Gasteiger partial charge in [-0.3, -0.25) is 9.25 Å². The molecule has 0 amide bonds. The van der Waals surface area contributed by atoms with Crippen LogP contribution in [0.15, 0.2) is 0 Å². The van der Waals surface area contributed by atoms with Crippen LogP contribution in [-0.2, 0) is 9.25 Å². The molecule has 0 aliphatic rings. The molecule has 0 saturated carbocycles. The highest BCUT2D eigenvalue weighted by molar-refractivity contribution is 7.10. The third-order valence-electron chi connectivity index (χ3n) is 0.965. The highest BCUT2D eigenvalue weighted by Crippen LogP contribution is 2.01. The van der Waals surface area contributed by atoms with Gasteiger partial charge in [0.25, 0.3) is 0 Å². The monoisotopic (exact) mass is 184 g/mol. The van der Waals surface area contributed by atoms with Crippen LogP contribution in [0, 0.1) is 0 Å². The minimum Gasteiger partial charge on any atom is -0.308 e. The van der Waals surface area contributed by atoms with E-state index in [-0.39, 0.29) is 0 Å². The SMILES string of the molecule is CN(C)CCN(OP)OP. The standard InChI is InChI=1S/C4H14N2O2P2/c1-5(2)3-4-6(7-9)8-10/h3-4,9-10H2,1-2H3. The van der Waals surface area contributed by atoms with Gasteiger partial charge in [0.2, 0.25) is 0 Å². The Bertz CT molecular complexity index is 79.7. The van der Waals surface area contributed by atoms with Crippen molar-refractivity contribution in [1.29, 1.82) is 0 Å². The molecule has 0 N–H and O–H groups in total. The van der Waals surface area contributed by atoms with Gasteiger partial charge in [0.15, 0.2) is 0 Å². The number of rotatable bonds is 5. The third kappa shape index (κ3) is 5.48. The first-order valence-corrected chi connectivity index (χ1v) is 3.81. The second-order valence-electron chi connectivity index (χ2n) is 2.07. The van der Waals surface area contributed by atoms with Gasteiger partial charge in [0.05, 0.1) is 6.54 Å². The Hall–Kier alpha value is 0.700. The summed E-state index contributed by atoms with van der Waals surface area (Å²) >= 11 is 0. The first-order valence-electron chi connectivity index (χ1n) is 2.86. The lowest BCUT2D eigenvalue weighted by Crippen LogP contribution is -2.27. The van der Waals surface area contributed by atoms with Crippen LogP contribution in [0.1, 0.15) is 0 Å². The first kappa shape index (κ1) is 10.7. The van der Waals surface area contributed by atoms with Crippen LogP contribution in [0.5, 0.6) is 0 Å². The van der Waals surface area contributed by atoms with E-state index in [4.69, 9.17) is 9.25 Å². The average Bonchev–Trinajstić information content (AvgIpc) is 1.90. The molecule has 0 bridgehead atoms. The Morgan fingerprint density at radius 1 is 1.10 bits per heavy atom. The van der Waals surface area contributed by atoms with Gasteiger partial charge in [-0.05, 0) is 14.1 Å². The van der Waals surface area contributed by atoms with Crippen molar-refractivity contribution in [2.75, 3.05) is 27.2 Å². The summed E-state index contributed by atoms with van der Waals surface area (Å²) in [6.07, 6.45) is 0. The molecule has 0 aromatic heterocycles. The van der Waals surface area contributed by atoms with Gasteiger partial charge in [-0.25, -0.2) is 0 Å². The topological polar surface area (TPSA) is 24.9 Å². The van der Waals surface area contributed by atoms with Crippen molar-refractivity contribution < 1.29 is 9.25 Å². The number of nitrogens with zero attached hydrogens (tertiary/aromatic N) is 2. The van der Waals surface area contributed by atoms with Crippen LogP contribution >= 0.6 is 18.9 Å². The lowest BCUT2D eigenvalue weighted by atomic mass is 10.6. The van der Waals surface area contributed by atoms with Gasteiger partial charge in [-0.1, -0.05) is 5.23 Å². The number of likely N-dealkylation sites (N-methyl/N-ethyl adjacent to an activating group) is 1. The summed E-state index contributed by atoms with van der Waals surface area (Å²) in [7, 11) is 8.21. The fraction of sp³-hybridized carbons (Fsp3) is 1.00. The van der Waals surface area contributed by atoms with Crippen molar-refractivity contribution in [3.05, 3.63) is 0 Å². The average molecular weight is 184 g/mol.